The Bertz CT molecular complexity index is 995. The Balaban J connectivity index is 2.03. The standard InChI is InChI=1S/C24H29NO4/c1-3-5-14-25-21-16-19(28-15-6-4-2)12-13-20(21)23(22(26)24(25)27)29-17-18-10-8-7-9-11-18/h7-13,16,26H,3-6,14-15,17H2,1-2H3. The summed E-state index contributed by atoms with van der Waals surface area (Å²) in [7, 11) is 0. The van der Waals surface area contributed by atoms with E-state index >= 15 is 0 Å². The minimum atomic E-state index is -0.431. The third-order valence-corrected chi connectivity index (χ3v) is 4.90. The lowest BCUT2D eigenvalue weighted by Crippen LogP contribution is -2.21. The first kappa shape index (κ1) is 20.8. The molecule has 5 heteroatoms. The number of rotatable bonds is 10. The van der Waals surface area contributed by atoms with Crippen LogP contribution in [0, 0.1) is 0 Å². The molecule has 154 valence electrons. The van der Waals surface area contributed by atoms with Crippen LogP contribution in [0.1, 0.15) is 45.1 Å². The van der Waals surface area contributed by atoms with E-state index in [0.29, 0.717) is 18.5 Å². The smallest absolute Gasteiger partial charge is 0.297 e. The highest BCUT2D eigenvalue weighted by molar-refractivity contribution is 5.88. The molecule has 0 unspecified atom stereocenters. The summed E-state index contributed by atoms with van der Waals surface area (Å²) < 4.78 is 13.4. The first-order valence-corrected chi connectivity index (χ1v) is 10.3. The van der Waals surface area contributed by atoms with Crippen LogP contribution < -0.4 is 15.0 Å². The zero-order valence-electron chi connectivity index (χ0n) is 17.2. The maximum atomic E-state index is 12.9. The molecule has 0 fully saturated rings. The number of aryl methyl sites for hydroxylation is 1. The molecule has 2 aromatic carbocycles. The van der Waals surface area contributed by atoms with Gasteiger partial charge in [0.25, 0.3) is 5.56 Å². The molecule has 0 saturated heterocycles. The van der Waals surface area contributed by atoms with Crippen LogP contribution in [0.2, 0.25) is 0 Å². The van der Waals surface area contributed by atoms with E-state index in [4.69, 9.17) is 9.47 Å². The molecule has 3 aromatic rings. The molecule has 0 saturated carbocycles. The summed E-state index contributed by atoms with van der Waals surface area (Å²) in [4.78, 5) is 12.9. The summed E-state index contributed by atoms with van der Waals surface area (Å²) in [5, 5.41) is 11.3. The molecule has 3 rings (SSSR count). The summed E-state index contributed by atoms with van der Waals surface area (Å²) >= 11 is 0. The molecule has 1 N–H and O–H groups in total. The van der Waals surface area contributed by atoms with Crippen molar-refractivity contribution in [3.05, 3.63) is 64.4 Å². The lowest BCUT2D eigenvalue weighted by atomic mass is 10.1. The normalized spacial score (nSPS) is 11.0. The van der Waals surface area contributed by atoms with Gasteiger partial charge in [-0.15, -0.1) is 0 Å². The molecule has 29 heavy (non-hydrogen) atoms. The Morgan fingerprint density at radius 1 is 0.966 bits per heavy atom. The molecule has 0 bridgehead atoms. The summed E-state index contributed by atoms with van der Waals surface area (Å²) in [5.41, 5.74) is 1.26. The van der Waals surface area contributed by atoms with E-state index in [2.05, 4.69) is 13.8 Å². The quantitative estimate of drug-likeness (QED) is 0.475. The van der Waals surface area contributed by atoms with Crippen molar-refractivity contribution in [2.75, 3.05) is 6.61 Å². The molecule has 0 atom stereocenters. The molecule has 0 amide bonds. The van der Waals surface area contributed by atoms with Gasteiger partial charge in [-0.25, -0.2) is 0 Å². The number of unbranched alkanes of at least 4 members (excludes halogenated alkanes) is 2. The number of hydrogen-bond donors (Lipinski definition) is 1. The number of aromatic nitrogens is 1. The number of nitrogens with zero attached hydrogens (tertiary/aromatic N) is 1. The van der Waals surface area contributed by atoms with Crippen LogP contribution in [0.3, 0.4) is 0 Å². The number of aromatic hydroxyl groups is 1. The van der Waals surface area contributed by atoms with Crippen molar-refractivity contribution in [1.29, 1.82) is 0 Å². The van der Waals surface area contributed by atoms with Crippen LogP contribution in [0.25, 0.3) is 10.9 Å². The lowest BCUT2D eigenvalue weighted by molar-refractivity contribution is 0.290. The van der Waals surface area contributed by atoms with Crippen LogP contribution in [0.5, 0.6) is 17.2 Å². The second-order valence-electron chi connectivity index (χ2n) is 7.14. The molecular weight excluding hydrogens is 366 g/mol. The van der Waals surface area contributed by atoms with Crippen molar-refractivity contribution >= 4 is 10.9 Å². The topological polar surface area (TPSA) is 60.7 Å². The van der Waals surface area contributed by atoms with Gasteiger partial charge in [-0.05, 0) is 30.5 Å². The van der Waals surface area contributed by atoms with Crippen molar-refractivity contribution < 1.29 is 14.6 Å². The number of hydrogen-bond acceptors (Lipinski definition) is 4. The highest BCUT2D eigenvalue weighted by Crippen LogP contribution is 2.34. The average molecular weight is 395 g/mol. The van der Waals surface area contributed by atoms with Crippen molar-refractivity contribution in [2.24, 2.45) is 0 Å². The zero-order chi connectivity index (χ0) is 20.6. The predicted molar refractivity (Wildman–Crippen MR) is 116 cm³/mol. The number of pyridine rings is 1. The fraction of sp³-hybridized carbons (Fsp3) is 0.375. The molecule has 0 spiro atoms. The Labute approximate surface area is 171 Å². The van der Waals surface area contributed by atoms with E-state index in [0.717, 1.165) is 42.5 Å². The van der Waals surface area contributed by atoms with E-state index in [1.165, 1.54) is 0 Å². The van der Waals surface area contributed by atoms with Gasteiger partial charge in [-0.3, -0.25) is 4.79 Å². The molecule has 0 radical (unpaired) electrons. The van der Waals surface area contributed by atoms with Gasteiger partial charge in [0.2, 0.25) is 5.75 Å². The van der Waals surface area contributed by atoms with E-state index in [9.17, 15) is 9.90 Å². The molecule has 0 aliphatic heterocycles. The second-order valence-corrected chi connectivity index (χ2v) is 7.14. The van der Waals surface area contributed by atoms with Crippen LogP contribution in [0.15, 0.2) is 53.3 Å². The summed E-state index contributed by atoms with van der Waals surface area (Å²) in [5.74, 6) is 0.598. The third kappa shape index (κ3) is 4.91. The SMILES string of the molecule is CCCCOc1ccc2c(OCc3ccccc3)c(O)c(=O)n(CCCC)c2c1. The highest BCUT2D eigenvalue weighted by Gasteiger charge is 2.18. The first-order chi connectivity index (χ1) is 14.2. The van der Waals surface area contributed by atoms with Crippen LogP contribution in [-0.2, 0) is 13.2 Å². The number of ether oxygens (including phenoxy) is 2. The highest BCUT2D eigenvalue weighted by atomic mass is 16.5. The number of fused-ring (bicyclic) bond motifs is 1. The summed E-state index contributed by atoms with van der Waals surface area (Å²) in [6.07, 6.45) is 3.83. The average Bonchev–Trinajstić information content (AvgIpc) is 2.75. The van der Waals surface area contributed by atoms with Crippen LogP contribution in [0.4, 0.5) is 0 Å². The molecule has 0 aliphatic rings. The van der Waals surface area contributed by atoms with E-state index in [1.807, 2.05) is 48.5 Å². The van der Waals surface area contributed by atoms with E-state index in [-0.39, 0.29) is 18.1 Å². The number of benzene rings is 2. The minimum Gasteiger partial charge on any atom is -0.500 e. The summed E-state index contributed by atoms with van der Waals surface area (Å²) in [6, 6.07) is 15.3. The lowest BCUT2D eigenvalue weighted by Gasteiger charge is -2.17. The van der Waals surface area contributed by atoms with Gasteiger partial charge in [0.15, 0.2) is 5.75 Å². The Kier molecular flexibility index (Phi) is 7.17. The van der Waals surface area contributed by atoms with Crippen molar-refractivity contribution in [3.8, 4) is 17.2 Å². The Morgan fingerprint density at radius 3 is 2.45 bits per heavy atom. The largest absolute Gasteiger partial charge is 0.500 e. The second kappa shape index (κ2) is 10.0. The van der Waals surface area contributed by atoms with Crippen molar-refractivity contribution in [1.82, 2.24) is 4.57 Å². The Hall–Kier alpha value is -2.95. The predicted octanol–water partition coefficient (Wildman–Crippen LogP) is 5.27. The fourth-order valence-electron chi connectivity index (χ4n) is 3.23. The third-order valence-electron chi connectivity index (χ3n) is 4.90. The van der Waals surface area contributed by atoms with E-state index in [1.54, 1.807) is 4.57 Å². The first-order valence-electron chi connectivity index (χ1n) is 10.3. The van der Waals surface area contributed by atoms with Gasteiger partial charge in [0.1, 0.15) is 12.4 Å². The van der Waals surface area contributed by atoms with Crippen molar-refractivity contribution in [3.63, 3.8) is 0 Å². The Morgan fingerprint density at radius 2 is 1.72 bits per heavy atom. The maximum absolute atomic E-state index is 12.9. The van der Waals surface area contributed by atoms with Gasteiger partial charge in [0, 0.05) is 18.0 Å². The molecular formula is C24H29NO4. The molecule has 0 aliphatic carbocycles. The van der Waals surface area contributed by atoms with Crippen molar-refractivity contribution in [2.45, 2.75) is 52.7 Å². The molecule has 5 nitrogen and oxygen atoms in total. The van der Waals surface area contributed by atoms with Crippen LogP contribution in [-0.4, -0.2) is 16.3 Å². The monoisotopic (exact) mass is 395 g/mol. The molecule has 1 aromatic heterocycles. The van der Waals surface area contributed by atoms with Gasteiger partial charge in [-0.2, -0.15) is 0 Å². The van der Waals surface area contributed by atoms with Gasteiger partial charge >= 0.3 is 0 Å². The zero-order valence-corrected chi connectivity index (χ0v) is 17.2. The van der Waals surface area contributed by atoms with Crippen LogP contribution >= 0.6 is 0 Å². The molecule has 1 heterocycles. The maximum Gasteiger partial charge on any atom is 0.297 e. The fourth-order valence-corrected chi connectivity index (χ4v) is 3.23. The van der Waals surface area contributed by atoms with Gasteiger partial charge < -0.3 is 19.1 Å². The minimum absolute atomic E-state index is 0.224. The van der Waals surface area contributed by atoms with Gasteiger partial charge in [-0.1, -0.05) is 57.0 Å². The van der Waals surface area contributed by atoms with Gasteiger partial charge in [0.05, 0.1) is 12.1 Å². The van der Waals surface area contributed by atoms with E-state index < -0.39 is 5.56 Å². The summed E-state index contributed by atoms with van der Waals surface area (Å²) in [6.45, 7) is 5.64.